The molecule has 0 aromatic heterocycles. The quantitative estimate of drug-likeness (QED) is 0.900. The standard InChI is InChI=1S/C16H20F3NO2S/c1-10(15-8-11-5-6-12(15)7-11)20-23(21,22)14-4-2-3-13(9-14)16(17,18)19/h2-4,9-12,15,20H,5-8H2,1H3/t10-,11+,12+,15+/m1/s1. The van der Waals surface area contributed by atoms with E-state index in [1.807, 2.05) is 6.92 Å². The van der Waals surface area contributed by atoms with E-state index in [4.69, 9.17) is 0 Å². The Morgan fingerprint density at radius 1 is 1.22 bits per heavy atom. The second-order valence-corrected chi connectivity index (χ2v) is 8.49. The molecule has 0 spiro atoms. The lowest BCUT2D eigenvalue weighted by atomic mass is 9.84. The van der Waals surface area contributed by atoms with E-state index < -0.39 is 21.8 Å². The van der Waals surface area contributed by atoms with Crippen LogP contribution < -0.4 is 4.72 Å². The summed E-state index contributed by atoms with van der Waals surface area (Å²) >= 11 is 0. The molecule has 1 aromatic rings. The van der Waals surface area contributed by atoms with Crippen LogP contribution in [0.1, 0.15) is 38.2 Å². The maximum absolute atomic E-state index is 12.8. The molecule has 3 rings (SSSR count). The van der Waals surface area contributed by atoms with Crippen LogP contribution in [0.5, 0.6) is 0 Å². The minimum Gasteiger partial charge on any atom is -0.208 e. The van der Waals surface area contributed by atoms with Gasteiger partial charge in [0.25, 0.3) is 0 Å². The van der Waals surface area contributed by atoms with Gasteiger partial charge in [0.2, 0.25) is 10.0 Å². The van der Waals surface area contributed by atoms with Gasteiger partial charge in [-0.3, -0.25) is 0 Å². The van der Waals surface area contributed by atoms with Crippen LogP contribution in [0.2, 0.25) is 0 Å². The Balaban J connectivity index is 1.76. The first-order valence-corrected chi connectivity index (χ1v) is 9.35. The summed E-state index contributed by atoms with van der Waals surface area (Å²) < 4.78 is 65.6. The van der Waals surface area contributed by atoms with Crippen molar-refractivity contribution >= 4 is 10.0 Å². The van der Waals surface area contributed by atoms with Crippen LogP contribution in [0, 0.1) is 17.8 Å². The zero-order valence-corrected chi connectivity index (χ0v) is 13.6. The zero-order chi connectivity index (χ0) is 16.8. The van der Waals surface area contributed by atoms with Gasteiger partial charge in [-0.15, -0.1) is 0 Å². The van der Waals surface area contributed by atoms with Crippen molar-refractivity contribution in [1.29, 1.82) is 0 Å². The third-order valence-corrected chi connectivity index (χ3v) is 6.80. The Morgan fingerprint density at radius 3 is 2.52 bits per heavy atom. The lowest BCUT2D eigenvalue weighted by Crippen LogP contribution is -2.40. The number of hydrogen-bond donors (Lipinski definition) is 1. The maximum Gasteiger partial charge on any atom is 0.416 e. The topological polar surface area (TPSA) is 46.2 Å². The van der Waals surface area contributed by atoms with Crippen molar-refractivity contribution in [3.8, 4) is 0 Å². The van der Waals surface area contributed by atoms with Crippen LogP contribution in [0.3, 0.4) is 0 Å². The number of alkyl halides is 3. The van der Waals surface area contributed by atoms with Gasteiger partial charge in [0.15, 0.2) is 0 Å². The van der Waals surface area contributed by atoms with Gasteiger partial charge in [-0.2, -0.15) is 13.2 Å². The van der Waals surface area contributed by atoms with Gasteiger partial charge >= 0.3 is 6.18 Å². The summed E-state index contributed by atoms with van der Waals surface area (Å²) in [6.45, 7) is 1.82. The molecule has 0 saturated heterocycles. The van der Waals surface area contributed by atoms with E-state index in [1.165, 1.54) is 12.5 Å². The van der Waals surface area contributed by atoms with Crippen LogP contribution in [0.25, 0.3) is 0 Å². The summed E-state index contributed by atoms with van der Waals surface area (Å²) in [6.07, 6.45) is -0.0434. The Morgan fingerprint density at radius 2 is 1.96 bits per heavy atom. The van der Waals surface area contributed by atoms with Crippen LogP contribution in [0.4, 0.5) is 13.2 Å². The van der Waals surface area contributed by atoms with Crippen molar-refractivity contribution in [2.45, 2.75) is 49.7 Å². The number of fused-ring (bicyclic) bond motifs is 2. The van der Waals surface area contributed by atoms with Crippen molar-refractivity contribution in [3.05, 3.63) is 29.8 Å². The van der Waals surface area contributed by atoms with Gasteiger partial charge in [0.05, 0.1) is 10.5 Å². The Hall–Kier alpha value is -1.08. The second kappa shape index (κ2) is 5.77. The molecule has 0 heterocycles. The highest BCUT2D eigenvalue weighted by Gasteiger charge is 2.42. The predicted octanol–water partition coefficient (Wildman–Crippen LogP) is 3.81. The molecule has 0 amide bonds. The first-order chi connectivity index (χ1) is 10.7. The highest BCUT2D eigenvalue weighted by molar-refractivity contribution is 7.89. The summed E-state index contributed by atoms with van der Waals surface area (Å²) in [5, 5.41) is 0. The van der Waals surface area contributed by atoms with Gasteiger partial charge in [0.1, 0.15) is 0 Å². The van der Waals surface area contributed by atoms with Crippen LogP contribution in [-0.2, 0) is 16.2 Å². The SMILES string of the molecule is C[C@@H](NS(=O)(=O)c1cccc(C(F)(F)F)c1)[C@@H]1C[C@H]2CC[C@H]1C2. The molecule has 0 unspecified atom stereocenters. The second-order valence-electron chi connectivity index (χ2n) is 6.77. The van der Waals surface area contributed by atoms with E-state index in [0.29, 0.717) is 17.9 Å². The monoisotopic (exact) mass is 347 g/mol. The first-order valence-electron chi connectivity index (χ1n) is 7.86. The normalized spacial score (nSPS) is 29.0. The molecule has 2 saturated carbocycles. The molecule has 0 radical (unpaired) electrons. The minimum absolute atomic E-state index is 0.259. The summed E-state index contributed by atoms with van der Waals surface area (Å²) in [4.78, 5) is -0.331. The number of rotatable bonds is 4. The third kappa shape index (κ3) is 3.40. The fourth-order valence-corrected chi connectivity index (χ4v) is 5.49. The maximum atomic E-state index is 12.8. The van der Waals surface area contributed by atoms with E-state index in [-0.39, 0.29) is 16.9 Å². The lowest BCUT2D eigenvalue weighted by Gasteiger charge is -2.28. The van der Waals surface area contributed by atoms with E-state index >= 15 is 0 Å². The van der Waals surface area contributed by atoms with E-state index in [9.17, 15) is 21.6 Å². The van der Waals surface area contributed by atoms with E-state index in [2.05, 4.69) is 4.72 Å². The molecule has 4 atom stereocenters. The number of halogens is 3. The average Bonchev–Trinajstić information content (AvgIpc) is 3.09. The number of nitrogens with one attached hydrogen (secondary N) is 1. The lowest BCUT2D eigenvalue weighted by molar-refractivity contribution is -0.137. The zero-order valence-electron chi connectivity index (χ0n) is 12.8. The van der Waals surface area contributed by atoms with E-state index in [0.717, 1.165) is 31.4 Å². The van der Waals surface area contributed by atoms with Crippen molar-refractivity contribution in [1.82, 2.24) is 4.72 Å². The van der Waals surface area contributed by atoms with E-state index in [1.54, 1.807) is 0 Å². The van der Waals surface area contributed by atoms with Crippen LogP contribution in [0.15, 0.2) is 29.2 Å². The van der Waals surface area contributed by atoms with Crippen molar-refractivity contribution in [2.75, 3.05) is 0 Å². The fourth-order valence-electron chi connectivity index (χ4n) is 4.15. The molecule has 1 N–H and O–H groups in total. The molecular formula is C16H20F3NO2S. The summed E-state index contributed by atoms with van der Waals surface area (Å²) in [6, 6.07) is 3.63. The molecule has 3 nitrogen and oxygen atoms in total. The number of hydrogen-bond acceptors (Lipinski definition) is 2. The highest BCUT2D eigenvalue weighted by Crippen LogP contribution is 2.49. The molecule has 0 aliphatic heterocycles. The molecule has 2 aliphatic carbocycles. The third-order valence-electron chi connectivity index (χ3n) is 5.25. The summed E-state index contributed by atoms with van der Waals surface area (Å²) in [7, 11) is -3.95. The molecule has 128 valence electrons. The highest BCUT2D eigenvalue weighted by atomic mass is 32.2. The fraction of sp³-hybridized carbons (Fsp3) is 0.625. The van der Waals surface area contributed by atoms with Crippen molar-refractivity contribution in [2.24, 2.45) is 17.8 Å². The number of sulfonamides is 1. The van der Waals surface area contributed by atoms with Gasteiger partial charge in [-0.25, -0.2) is 13.1 Å². The summed E-state index contributed by atoms with van der Waals surface area (Å²) in [5.41, 5.74) is -0.951. The van der Waals surface area contributed by atoms with Gasteiger partial charge < -0.3 is 0 Å². The van der Waals surface area contributed by atoms with Gasteiger partial charge in [0, 0.05) is 6.04 Å². The minimum atomic E-state index is -4.55. The molecule has 2 bridgehead atoms. The molecule has 2 aliphatic rings. The predicted molar refractivity (Wildman–Crippen MR) is 80.2 cm³/mol. The van der Waals surface area contributed by atoms with Crippen LogP contribution in [-0.4, -0.2) is 14.5 Å². The molecule has 2 fully saturated rings. The first kappa shape index (κ1) is 16.8. The molecule has 23 heavy (non-hydrogen) atoms. The average molecular weight is 347 g/mol. The Labute approximate surface area is 134 Å². The molecule has 1 aromatic carbocycles. The van der Waals surface area contributed by atoms with Crippen LogP contribution >= 0.6 is 0 Å². The van der Waals surface area contributed by atoms with Crippen molar-refractivity contribution in [3.63, 3.8) is 0 Å². The summed E-state index contributed by atoms with van der Waals surface area (Å²) in [5.74, 6) is 1.51. The van der Waals surface area contributed by atoms with Crippen molar-refractivity contribution < 1.29 is 21.6 Å². The largest absolute Gasteiger partial charge is 0.416 e. The molecular weight excluding hydrogens is 327 g/mol. The Kier molecular flexibility index (Phi) is 4.21. The Bertz CT molecular complexity index is 687. The smallest absolute Gasteiger partial charge is 0.208 e. The number of benzene rings is 1. The van der Waals surface area contributed by atoms with Gasteiger partial charge in [-0.1, -0.05) is 12.5 Å². The molecule has 7 heteroatoms. The van der Waals surface area contributed by atoms with Gasteiger partial charge in [-0.05, 0) is 62.1 Å².